The maximum Gasteiger partial charge on any atom is 0.411 e. The van der Waals surface area contributed by atoms with Gasteiger partial charge in [-0.3, -0.25) is 4.68 Å². The fraction of sp³-hybridized carbons (Fsp3) is 0.700. The first-order valence-electron chi connectivity index (χ1n) is 5.48. The van der Waals surface area contributed by atoms with Crippen molar-refractivity contribution in [1.82, 2.24) is 15.1 Å². The van der Waals surface area contributed by atoms with Gasteiger partial charge in [-0.1, -0.05) is 0 Å². The summed E-state index contributed by atoms with van der Waals surface area (Å²) in [5.41, 5.74) is 0. The van der Waals surface area contributed by atoms with E-state index >= 15 is 0 Å². The van der Waals surface area contributed by atoms with Crippen molar-refractivity contribution in [3.05, 3.63) is 18.5 Å². The lowest BCUT2D eigenvalue weighted by Crippen LogP contribution is -2.33. The summed E-state index contributed by atoms with van der Waals surface area (Å²) in [7, 11) is 0. The van der Waals surface area contributed by atoms with Gasteiger partial charge in [0.05, 0.1) is 19.3 Å². The van der Waals surface area contributed by atoms with Gasteiger partial charge < -0.3 is 15.2 Å². The zero-order valence-electron chi connectivity index (χ0n) is 9.73. The molecule has 1 aromatic rings. The minimum absolute atomic E-state index is 0.0476. The molecule has 0 aliphatic rings. The number of aliphatic hydroxyl groups excluding tert-OH is 1. The van der Waals surface area contributed by atoms with E-state index in [4.69, 9.17) is 0 Å². The number of aromatic nitrogens is 2. The number of nitrogens with zero attached hydrogens (tertiary/aromatic N) is 2. The largest absolute Gasteiger partial charge is 0.411 e. The highest BCUT2D eigenvalue weighted by Crippen LogP contribution is 2.13. The zero-order valence-corrected chi connectivity index (χ0v) is 9.73. The first kappa shape index (κ1) is 14.9. The fourth-order valence-corrected chi connectivity index (χ4v) is 1.29. The number of rotatable bonds is 8. The summed E-state index contributed by atoms with van der Waals surface area (Å²) in [4.78, 5) is 0. The molecule has 104 valence electrons. The Morgan fingerprint density at radius 2 is 2.22 bits per heavy atom. The van der Waals surface area contributed by atoms with Crippen molar-refractivity contribution in [3.63, 3.8) is 0 Å². The number of alkyl halides is 3. The van der Waals surface area contributed by atoms with Crippen LogP contribution >= 0.6 is 0 Å². The normalized spacial score (nSPS) is 13.8. The zero-order chi connectivity index (χ0) is 13.4. The van der Waals surface area contributed by atoms with Crippen LogP contribution in [0.3, 0.4) is 0 Å². The van der Waals surface area contributed by atoms with Crippen LogP contribution in [0.1, 0.15) is 0 Å². The Bertz CT molecular complexity index is 317. The van der Waals surface area contributed by atoms with Crippen LogP contribution in [-0.2, 0) is 11.3 Å². The van der Waals surface area contributed by atoms with Crippen molar-refractivity contribution in [2.45, 2.75) is 18.8 Å². The van der Waals surface area contributed by atoms with Crippen LogP contribution in [0.4, 0.5) is 13.2 Å². The average Bonchev–Trinajstić information content (AvgIpc) is 2.74. The van der Waals surface area contributed by atoms with Gasteiger partial charge in [0.1, 0.15) is 6.61 Å². The molecule has 18 heavy (non-hydrogen) atoms. The van der Waals surface area contributed by atoms with Gasteiger partial charge in [-0.25, -0.2) is 0 Å². The molecule has 0 spiro atoms. The molecule has 2 N–H and O–H groups in total. The molecule has 1 rings (SSSR count). The molecule has 0 aliphatic heterocycles. The molecule has 0 fully saturated rings. The summed E-state index contributed by atoms with van der Waals surface area (Å²) in [6, 6.07) is 1.74. The number of halogens is 3. The predicted octanol–water partition coefficient (Wildman–Crippen LogP) is 0.412. The maximum absolute atomic E-state index is 11.7. The molecule has 1 heterocycles. The molecule has 0 amide bonds. The number of hydrogen-bond donors (Lipinski definition) is 2. The Morgan fingerprint density at radius 3 is 2.83 bits per heavy atom. The van der Waals surface area contributed by atoms with E-state index in [-0.39, 0.29) is 19.7 Å². The second-order valence-electron chi connectivity index (χ2n) is 3.75. The summed E-state index contributed by atoms with van der Waals surface area (Å²) in [5, 5.41) is 16.3. The third kappa shape index (κ3) is 7.25. The van der Waals surface area contributed by atoms with E-state index in [1.807, 2.05) is 0 Å². The molecule has 0 aromatic carbocycles. The molecule has 0 bridgehead atoms. The summed E-state index contributed by atoms with van der Waals surface area (Å²) < 4.78 is 41.1. The lowest BCUT2D eigenvalue weighted by atomic mass is 10.3. The van der Waals surface area contributed by atoms with Gasteiger partial charge >= 0.3 is 6.18 Å². The van der Waals surface area contributed by atoms with Crippen LogP contribution in [0.5, 0.6) is 0 Å². The van der Waals surface area contributed by atoms with E-state index in [9.17, 15) is 18.3 Å². The third-order valence-electron chi connectivity index (χ3n) is 2.03. The number of ether oxygens (including phenoxy) is 1. The highest BCUT2D eigenvalue weighted by Gasteiger charge is 2.27. The van der Waals surface area contributed by atoms with Crippen LogP contribution < -0.4 is 5.32 Å². The lowest BCUT2D eigenvalue weighted by molar-refractivity contribution is -0.173. The topological polar surface area (TPSA) is 59.3 Å². The van der Waals surface area contributed by atoms with Crippen LogP contribution in [0.25, 0.3) is 0 Å². The van der Waals surface area contributed by atoms with Gasteiger partial charge in [-0.2, -0.15) is 18.3 Å². The summed E-state index contributed by atoms with van der Waals surface area (Å²) >= 11 is 0. The minimum atomic E-state index is -4.29. The van der Waals surface area contributed by atoms with Gasteiger partial charge in [0.2, 0.25) is 0 Å². The van der Waals surface area contributed by atoms with Gasteiger partial charge in [-0.05, 0) is 6.07 Å². The Morgan fingerprint density at radius 1 is 1.44 bits per heavy atom. The number of nitrogens with one attached hydrogen (secondary N) is 1. The molecule has 5 nitrogen and oxygen atoms in total. The fourth-order valence-electron chi connectivity index (χ4n) is 1.29. The van der Waals surface area contributed by atoms with Crippen molar-refractivity contribution in [2.24, 2.45) is 0 Å². The van der Waals surface area contributed by atoms with E-state index < -0.39 is 18.9 Å². The van der Waals surface area contributed by atoms with E-state index in [0.29, 0.717) is 6.54 Å². The third-order valence-corrected chi connectivity index (χ3v) is 2.03. The molecule has 8 heteroatoms. The summed E-state index contributed by atoms with van der Waals surface area (Å²) in [5.74, 6) is 0. The second-order valence-corrected chi connectivity index (χ2v) is 3.75. The standard InChI is InChI=1S/C10H16F3N3O2/c11-10(12,13)8-18-5-3-14-6-9(17)7-16-4-1-2-15-16/h1-2,4,9,14,17H,3,5-8H2. The van der Waals surface area contributed by atoms with Gasteiger partial charge in [-0.15, -0.1) is 0 Å². The van der Waals surface area contributed by atoms with Crippen molar-refractivity contribution < 1.29 is 23.0 Å². The van der Waals surface area contributed by atoms with E-state index in [0.717, 1.165) is 0 Å². The molecule has 1 atom stereocenters. The Hall–Kier alpha value is -1.12. The first-order chi connectivity index (χ1) is 8.47. The summed E-state index contributed by atoms with van der Waals surface area (Å²) in [6.45, 7) is -0.427. The number of hydrogen-bond acceptors (Lipinski definition) is 4. The molecule has 0 saturated carbocycles. The van der Waals surface area contributed by atoms with E-state index in [2.05, 4.69) is 15.2 Å². The lowest BCUT2D eigenvalue weighted by Gasteiger charge is -2.12. The Balaban J connectivity index is 1.97. The van der Waals surface area contributed by atoms with Gasteiger partial charge in [0, 0.05) is 25.5 Å². The summed E-state index contributed by atoms with van der Waals surface area (Å²) in [6.07, 6.45) is -1.62. The van der Waals surface area contributed by atoms with Crippen molar-refractivity contribution >= 4 is 0 Å². The average molecular weight is 267 g/mol. The van der Waals surface area contributed by atoms with E-state index in [1.54, 1.807) is 23.1 Å². The monoisotopic (exact) mass is 267 g/mol. The second kappa shape index (κ2) is 7.34. The predicted molar refractivity (Wildman–Crippen MR) is 58.0 cm³/mol. The van der Waals surface area contributed by atoms with Gasteiger partial charge in [0.15, 0.2) is 0 Å². The Labute approximate surface area is 103 Å². The molecule has 0 radical (unpaired) electrons. The highest BCUT2D eigenvalue weighted by atomic mass is 19.4. The smallest absolute Gasteiger partial charge is 0.390 e. The van der Waals surface area contributed by atoms with Crippen molar-refractivity contribution in [1.29, 1.82) is 0 Å². The first-order valence-corrected chi connectivity index (χ1v) is 5.48. The quantitative estimate of drug-likeness (QED) is 0.670. The Kier molecular flexibility index (Phi) is 6.10. The van der Waals surface area contributed by atoms with E-state index in [1.165, 1.54) is 0 Å². The van der Waals surface area contributed by atoms with Crippen LogP contribution in [-0.4, -0.2) is 53.5 Å². The highest BCUT2D eigenvalue weighted by molar-refractivity contribution is 4.78. The molecule has 1 unspecified atom stereocenters. The molecular formula is C10H16F3N3O2. The number of aliphatic hydroxyl groups is 1. The molecule has 1 aromatic heterocycles. The van der Waals surface area contributed by atoms with Crippen LogP contribution in [0, 0.1) is 0 Å². The maximum atomic E-state index is 11.7. The molecule has 0 aliphatic carbocycles. The SMILES string of the molecule is OC(CNCCOCC(F)(F)F)Cn1cccn1. The molecular weight excluding hydrogens is 251 g/mol. The molecule has 0 saturated heterocycles. The van der Waals surface area contributed by atoms with Crippen molar-refractivity contribution in [2.75, 3.05) is 26.3 Å². The van der Waals surface area contributed by atoms with Gasteiger partial charge in [0.25, 0.3) is 0 Å². The van der Waals surface area contributed by atoms with Crippen LogP contribution in [0.15, 0.2) is 18.5 Å². The minimum Gasteiger partial charge on any atom is -0.390 e. The van der Waals surface area contributed by atoms with Crippen molar-refractivity contribution in [3.8, 4) is 0 Å². The van der Waals surface area contributed by atoms with Crippen LogP contribution in [0.2, 0.25) is 0 Å².